The van der Waals surface area contributed by atoms with Crippen molar-refractivity contribution in [1.29, 1.82) is 0 Å². The van der Waals surface area contributed by atoms with Crippen LogP contribution in [0.2, 0.25) is 0 Å². The third-order valence-corrected chi connectivity index (χ3v) is 5.85. The van der Waals surface area contributed by atoms with Crippen LogP contribution < -0.4 is 19.1 Å². The summed E-state index contributed by atoms with van der Waals surface area (Å²) in [5.74, 6) is 1.01. The predicted octanol–water partition coefficient (Wildman–Crippen LogP) is 1.46. The molecule has 1 fully saturated rings. The molecule has 0 unspecified atom stereocenters. The van der Waals surface area contributed by atoms with Gasteiger partial charge in [0.25, 0.3) is 0 Å². The number of hydrogen-bond donors (Lipinski definition) is 1. The van der Waals surface area contributed by atoms with Crippen LogP contribution in [0, 0.1) is 0 Å². The number of hydrogen-bond acceptors (Lipinski definition) is 6. The van der Waals surface area contributed by atoms with Crippen molar-refractivity contribution in [2.24, 2.45) is 0 Å². The van der Waals surface area contributed by atoms with Gasteiger partial charge in [-0.05, 0) is 30.2 Å². The molecular formula is C18H19N3O5S. The minimum absolute atomic E-state index is 0.0609. The normalized spacial score (nSPS) is 16.6. The van der Waals surface area contributed by atoms with Crippen LogP contribution >= 0.6 is 0 Å². The van der Waals surface area contributed by atoms with E-state index in [1.54, 1.807) is 29.4 Å². The van der Waals surface area contributed by atoms with Gasteiger partial charge in [0.2, 0.25) is 15.9 Å². The Bertz CT molecular complexity index is 977. The molecule has 2 aromatic rings. The summed E-state index contributed by atoms with van der Waals surface area (Å²) in [6.07, 6.45) is 4.54. The van der Waals surface area contributed by atoms with Gasteiger partial charge in [0, 0.05) is 31.8 Å². The number of pyridine rings is 1. The van der Waals surface area contributed by atoms with Crippen LogP contribution in [-0.2, 0) is 21.4 Å². The molecule has 0 saturated carbocycles. The highest BCUT2D eigenvalue weighted by Crippen LogP contribution is 2.32. The summed E-state index contributed by atoms with van der Waals surface area (Å²) in [6.45, 7) is 1.56. The molecule has 1 aromatic carbocycles. The van der Waals surface area contributed by atoms with Crippen molar-refractivity contribution in [2.75, 3.05) is 24.7 Å². The topological polar surface area (TPSA) is 97.8 Å². The van der Waals surface area contributed by atoms with E-state index in [1.807, 2.05) is 0 Å². The summed E-state index contributed by atoms with van der Waals surface area (Å²) in [4.78, 5) is 17.8. The van der Waals surface area contributed by atoms with Gasteiger partial charge in [-0.1, -0.05) is 0 Å². The minimum atomic E-state index is -3.73. The number of carbonyl (C=O) groups is 1. The molecule has 27 heavy (non-hydrogen) atoms. The van der Waals surface area contributed by atoms with Crippen LogP contribution in [0.25, 0.3) is 0 Å². The van der Waals surface area contributed by atoms with E-state index in [9.17, 15) is 13.2 Å². The van der Waals surface area contributed by atoms with E-state index in [0.29, 0.717) is 48.9 Å². The molecule has 1 N–H and O–H groups in total. The molecule has 0 aliphatic carbocycles. The average Bonchev–Trinajstić information content (AvgIpc) is 3.12. The Hall–Kier alpha value is -2.65. The highest BCUT2D eigenvalue weighted by atomic mass is 32.2. The van der Waals surface area contributed by atoms with Gasteiger partial charge in [0.15, 0.2) is 11.5 Å². The molecule has 3 heterocycles. The zero-order valence-corrected chi connectivity index (χ0v) is 15.4. The number of rotatable bonds is 5. The van der Waals surface area contributed by atoms with Crippen molar-refractivity contribution >= 4 is 21.6 Å². The number of benzene rings is 1. The molecule has 4 rings (SSSR count). The molecule has 0 spiro atoms. The molecule has 1 saturated heterocycles. The lowest BCUT2D eigenvalue weighted by Gasteiger charge is -2.19. The molecule has 0 bridgehead atoms. The van der Waals surface area contributed by atoms with E-state index in [2.05, 4.69) is 9.71 Å². The zero-order chi connectivity index (χ0) is 18.9. The number of nitrogens with zero attached hydrogens (tertiary/aromatic N) is 2. The van der Waals surface area contributed by atoms with Gasteiger partial charge in [-0.3, -0.25) is 9.78 Å². The number of nitrogens with one attached hydrogen (secondary N) is 1. The lowest BCUT2D eigenvalue weighted by molar-refractivity contribution is -0.117. The monoisotopic (exact) mass is 389 g/mol. The van der Waals surface area contributed by atoms with E-state index in [0.717, 1.165) is 6.42 Å². The maximum atomic E-state index is 12.6. The standard InChI is InChI=1S/C18H19N3O5S/c22-18-2-1-5-21(18)14-8-13(10-19-12-14)11-20-27(23,24)15-3-4-16-17(9-15)26-7-6-25-16/h3-4,8-10,12,20H,1-2,5-7,11H2. The zero-order valence-electron chi connectivity index (χ0n) is 14.6. The van der Waals surface area contributed by atoms with Crippen LogP contribution in [0.1, 0.15) is 18.4 Å². The van der Waals surface area contributed by atoms with Crippen molar-refractivity contribution in [3.63, 3.8) is 0 Å². The van der Waals surface area contributed by atoms with E-state index < -0.39 is 10.0 Å². The fourth-order valence-corrected chi connectivity index (χ4v) is 4.12. The number of aromatic nitrogens is 1. The Morgan fingerprint density at radius 1 is 1.11 bits per heavy atom. The van der Waals surface area contributed by atoms with Crippen molar-refractivity contribution in [1.82, 2.24) is 9.71 Å². The number of amides is 1. The fraction of sp³-hybridized carbons (Fsp3) is 0.333. The minimum Gasteiger partial charge on any atom is -0.486 e. The van der Waals surface area contributed by atoms with Gasteiger partial charge < -0.3 is 14.4 Å². The Balaban J connectivity index is 1.48. The first kappa shape index (κ1) is 17.7. The smallest absolute Gasteiger partial charge is 0.241 e. The Morgan fingerprint density at radius 3 is 2.70 bits per heavy atom. The lowest BCUT2D eigenvalue weighted by atomic mass is 10.2. The second-order valence-electron chi connectivity index (χ2n) is 6.33. The number of fused-ring (bicyclic) bond motifs is 1. The third-order valence-electron chi connectivity index (χ3n) is 4.46. The SMILES string of the molecule is O=C1CCCN1c1cncc(CNS(=O)(=O)c2ccc3c(c2)OCCO3)c1. The Labute approximate surface area is 157 Å². The van der Waals surface area contributed by atoms with Crippen molar-refractivity contribution in [3.05, 3.63) is 42.2 Å². The molecule has 1 amide bonds. The van der Waals surface area contributed by atoms with Crippen LogP contribution in [0.4, 0.5) is 5.69 Å². The summed E-state index contributed by atoms with van der Waals surface area (Å²) < 4.78 is 38.6. The van der Waals surface area contributed by atoms with Crippen LogP contribution in [0.5, 0.6) is 11.5 Å². The summed E-state index contributed by atoms with van der Waals surface area (Å²) in [7, 11) is -3.73. The average molecular weight is 389 g/mol. The number of anilines is 1. The van der Waals surface area contributed by atoms with Gasteiger partial charge in [0.05, 0.1) is 16.8 Å². The molecular weight excluding hydrogens is 370 g/mol. The molecule has 0 atom stereocenters. The Morgan fingerprint density at radius 2 is 1.93 bits per heavy atom. The number of carbonyl (C=O) groups excluding carboxylic acids is 1. The molecule has 8 nitrogen and oxygen atoms in total. The summed E-state index contributed by atoms with van der Waals surface area (Å²) in [5.41, 5.74) is 1.36. The van der Waals surface area contributed by atoms with Gasteiger partial charge in [0.1, 0.15) is 13.2 Å². The summed E-state index contributed by atoms with van der Waals surface area (Å²) in [6, 6.07) is 6.30. The molecule has 2 aliphatic rings. The second-order valence-corrected chi connectivity index (χ2v) is 8.10. The van der Waals surface area contributed by atoms with Crippen LogP contribution in [0.3, 0.4) is 0 Å². The molecule has 1 aromatic heterocycles. The first-order valence-electron chi connectivity index (χ1n) is 8.66. The predicted molar refractivity (Wildman–Crippen MR) is 97.3 cm³/mol. The van der Waals surface area contributed by atoms with Crippen LogP contribution in [0.15, 0.2) is 41.6 Å². The second kappa shape index (κ2) is 7.16. The van der Waals surface area contributed by atoms with Crippen molar-refractivity contribution in [3.8, 4) is 11.5 Å². The van der Waals surface area contributed by atoms with Gasteiger partial charge in [-0.25, -0.2) is 13.1 Å². The maximum Gasteiger partial charge on any atom is 0.241 e. The van der Waals surface area contributed by atoms with Crippen LogP contribution in [-0.4, -0.2) is 39.1 Å². The third kappa shape index (κ3) is 3.74. The molecule has 0 radical (unpaired) electrons. The first-order valence-corrected chi connectivity index (χ1v) is 10.1. The molecule has 142 valence electrons. The quantitative estimate of drug-likeness (QED) is 0.831. The van der Waals surface area contributed by atoms with Gasteiger partial charge in [-0.15, -0.1) is 0 Å². The van der Waals surface area contributed by atoms with Gasteiger partial charge in [-0.2, -0.15) is 0 Å². The van der Waals surface area contributed by atoms with E-state index in [-0.39, 0.29) is 17.3 Å². The Kier molecular flexibility index (Phi) is 4.71. The van der Waals surface area contributed by atoms with E-state index >= 15 is 0 Å². The van der Waals surface area contributed by atoms with E-state index in [1.165, 1.54) is 12.1 Å². The highest BCUT2D eigenvalue weighted by molar-refractivity contribution is 7.89. The summed E-state index contributed by atoms with van der Waals surface area (Å²) >= 11 is 0. The maximum absolute atomic E-state index is 12.6. The van der Waals surface area contributed by atoms with Crippen molar-refractivity contribution < 1.29 is 22.7 Å². The van der Waals surface area contributed by atoms with Crippen molar-refractivity contribution in [2.45, 2.75) is 24.3 Å². The lowest BCUT2D eigenvalue weighted by Crippen LogP contribution is -2.25. The summed E-state index contributed by atoms with van der Waals surface area (Å²) in [5, 5.41) is 0. The first-order chi connectivity index (χ1) is 13.0. The molecule has 9 heteroatoms. The largest absolute Gasteiger partial charge is 0.486 e. The van der Waals surface area contributed by atoms with E-state index in [4.69, 9.17) is 9.47 Å². The fourth-order valence-electron chi connectivity index (χ4n) is 3.09. The number of ether oxygens (including phenoxy) is 2. The molecule has 2 aliphatic heterocycles. The highest BCUT2D eigenvalue weighted by Gasteiger charge is 2.23. The van der Waals surface area contributed by atoms with Gasteiger partial charge >= 0.3 is 0 Å². The number of sulfonamides is 1.